The molecule has 0 saturated heterocycles. The van der Waals surface area contributed by atoms with Gasteiger partial charge in [-0.2, -0.15) is 0 Å². The molecule has 1 heterocycles. The highest BCUT2D eigenvalue weighted by Crippen LogP contribution is 2.21. The summed E-state index contributed by atoms with van der Waals surface area (Å²) in [5.41, 5.74) is 1.61. The average molecular weight is 344 g/mol. The first-order chi connectivity index (χ1) is 11.6. The summed E-state index contributed by atoms with van der Waals surface area (Å²) in [5, 5.41) is 3.48. The van der Waals surface area contributed by atoms with Crippen molar-refractivity contribution >= 4 is 17.4 Å². The minimum Gasteiger partial charge on any atom is -0.497 e. The van der Waals surface area contributed by atoms with E-state index in [4.69, 9.17) is 16.3 Å². The highest BCUT2D eigenvalue weighted by Gasteiger charge is 2.07. The fourth-order valence-corrected chi connectivity index (χ4v) is 2.42. The lowest BCUT2D eigenvalue weighted by atomic mass is 10.2. The minimum absolute atomic E-state index is 0.289. The number of methoxy groups -OCH3 is 1. The Hall–Kier alpha value is -2.66. The lowest BCUT2D eigenvalue weighted by Crippen LogP contribution is -2.03. The Morgan fingerprint density at radius 1 is 1.08 bits per heavy atom. The van der Waals surface area contributed by atoms with Crippen molar-refractivity contribution in [3.8, 4) is 17.1 Å². The predicted molar refractivity (Wildman–Crippen MR) is 92.8 cm³/mol. The van der Waals surface area contributed by atoms with Gasteiger partial charge in [0, 0.05) is 18.2 Å². The van der Waals surface area contributed by atoms with E-state index in [0.717, 1.165) is 11.3 Å². The molecule has 0 unspecified atom stereocenters. The lowest BCUT2D eigenvalue weighted by Gasteiger charge is -2.09. The molecule has 0 aliphatic heterocycles. The number of rotatable bonds is 5. The monoisotopic (exact) mass is 343 g/mol. The SMILES string of the molecule is COc1cccc(CNc2cc(Cl)nc(-c3cccc(F)c3)n2)c1. The van der Waals surface area contributed by atoms with Crippen molar-refractivity contribution in [2.24, 2.45) is 0 Å². The molecule has 3 rings (SSSR count). The lowest BCUT2D eigenvalue weighted by molar-refractivity contribution is 0.414. The molecule has 2 aromatic carbocycles. The Kier molecular flexibility index (Phi) is 4.91. The van der Waals surface area contributed by atoms with Gasteiger partial charge in [0.15, 0.2) is 5.82 Å². The Balaban J connectivity index is 1.81. The summed E-state index contributed by atoms with van der Waals surface area (Å²) in [6.07, 6.45) is 0. The molecule has 0 radical (unpaired) electrons. The highest BCUT2D eigenvalue weighted by molar-refractivity contribution is 6.29. The van der Waals surface area contributed by atoms with Gasteiger partial charge in [-0.1, -0.05) is 35.9 Å². The fourth-order valence-electron chi connectivity index (χ4n) is 2.24. The second-order valence-corrected chi connectivity index (χ2v) is 5.50. The molecule has 0 spiro atoms. The summed E-state index contributed by atoms with van der Waals surface area (Å²) in [4.78, 5) is 8.55. The van der Waals surface area contributed by atoms with Gasteiger partial charge in [0.2, 0.25) is 0 Å². The number of benzene rings is 2. The van der Waals surface area contributed by atoms with Gasteiger partial charge in [0.1, 0.15) is 22.5 Å². The third-order valence-electron chi connectivity index (χ3n) is 3.39. The number of hydrogen-bond donors (Lipinski definition) is 1. The molecule has 24 heavy (non-hydrogen) atoms. The number of hydrogen-bond acceptors (Lipinski definition) is 4. The van der Waals surface area contributed by atoms with Crippen molar-refractivity contribution in [1.29, 1.82) is 0 Å². The second kappa shape index (κ2) is 7.27. The summed E-state index contributed by atoms with van der Waals surface area (Å²) in [5.74, 6) is 1.38. The molecule has 0 aliphatic carbocycles. The van der Waals surface area contributed by atoms with Crippen LogP contribution in [0.15, 0.2) is 54.6 Å². The molecule has 0 atom stereocenters. The molecule has 122 valence electrons. The smallest absolute Gasteiger partial charge is 0.163 e. The number of nitrogens with one attached hydrogen (secondary N) is 1. The van der Waals surface area contributed by atoms with Crippen LogP contribution in [-0.2, 0) is 6.54 Å². The van der Waals surface area contributed by atoms with E-state index in [0.29, 0.717) is 23.8 Å². The van der Waals surface area contributed by atoms with E-state index in [1.807, 2.05) is 24.3 Å². The minimum atomic E-state index is -0.345. The molecular formula is C18H15ClFN3O. The molecule has 4 nitrogen and oxygen atoms in total. The second-order valence-electron chi connectivity index (χ2n) is 5.11. The first-order valence-corrected chi connectivity index (χ1v) is 7.69. The summed E-state index contributed by atoms with van der Waals surface area (Å²) < 4.78 is 18.6. The van der Waals surface area contributed by atoms with Crippen LogP contribution in [0.3, 0.4) is 0 Å². The van der Waals surface area contributed by atoms with Crippen LogP contribution in [0, 0.1) is 5.82 Å². The van der Waals surface area contributed by atoms with Crippen molar-refractivity contribution in [3.63, 3.8) is 0 Å². The fraction of sp³-hybridized carbons (Fsp3) is 0.111. The summed E-state index contributed by atoms with van der Waals surface area (Å²) in [6.45, 7) is 0.549. The van der Waals surface area contributed by atoms with E-state index in [9.17, 15) is 4.39 Å². The molecule has 0 aliphatic rings. The van der Waals surface area contributed by atoms with Crippen LogP contribution in [0.5, 0.6) is 5.75 Å². The molecule has 0 fully saturated rings. The Morgan fingerprint density at radius 3 is 2.71 bits per heavy atom. The maximum Gasteiger partial charge on any atom is 0.163 e. The van der Waals surface area contributed by atoms with Crippen molar-refractivity contribution in [2.75, 3.05) is 12.4 Å². The van der Waals surface area contributed by atoms with Gasteiger partial charge < -0.3 is 10.1 Å². The van der Waals surface area contributed by atoms with Gasteiger partial charge in [0.05, 0.1) is 7.11 Å². The zero-order valence-corrected chi connectivity index (χ0v) is 13.7. The summed E-state index contributed by atoms with van der Waals surface area (Å²) in [6, 6.07) is 15.4. The number of halogens is 2. The van der Waals surface area contributed by atoms with Crippen molar-refractivity contribution < 1.29 is 9.13 Å². The zero-order chi connectivity index (χ0) is 16.9. The van der Waals surface area contributed by atoms with E-state index in [1.54, 1.807) is 25.3 Å². The normalized spacial score (nSPS) is 10.5. The topological polar surface area (TPSA) is 47.0 Å². The third kappa shape index (κ3) is 4.00. The maximum absolute atomic E-state index is 13.4. The Labute approximate surface area is 144 Å². The molecule has 1 aromatic heterocycles. The summed E-state index contributed by atoms with van der Waals surface area (Å²) >= 11 is 6.06. The van der Waals surface area contributed by atoms with Crippen LogP contribution in [-0.4, -0.2) is 17.1 Å². The van der Waals surface area contributed by atoms with Gasteiger partial charge >= 0.3 is 0 Å². The van der Waals surface area contributed by atoms with Gasteiger partial charge in [-0.25, -0.2) is 14.4 Å². The highest BCUT2D eigenvalue weighted by atomic mass is 35.5. The van der Waals surface area contributed by atoms with Crippen LogP contribution in [0.1, 0.15) is 5.56 Å². The zero-order valence-electron chi connectivity index (χ0n) is 13.0. The number of anilines is 1. The first-order valence-electron chi connectivity index (χ1n) is 7.31. The number of aromatic nitrogens is 2. The molecule has 3 aromatic rings. The molecule has 6 heteroatoms. The van der Waals surface area contributed by atoms with E-state index in [1.165, 1.54) is 12.1 Å². The molecule has 1 N–H and O–H groups in total. The quantitative estimate of drug-likeness (QED) is 0.690. The Bertz CT molecular complexity index is 857. The first kappa shape index (κ1) is 16.2. The third-order valence-corrected chi connectivity index (χ3v) is 3.58. The van der Waals surface area contributed by atoms with Crippen LogP contribution in [0.4, 0.5) is 10.2 Å². The van der Waals surface area contributed by atoms with Crippen LogP contribution >= 0.6 is 11.6 Å². The average Bonchev–Trinajstić information content (AvgIpc) is 2.60. The van der Waals surface area contributed by atoms with E-state index < -0.39 is 0 Å². The predicted octanol–water partition coefficient (Wildman–Crippen LogP) is 4.56. The van der Waals surface area contributed by atoms with Gasteiger partial charge in [-0.3, -0.25) is 0 Å². The molecule has 0 amide bonds. The number of ether oxygens (including phenoxy) is 1. The van der Waals surface area contributed by atoms with Gasteiger partial charge in [-0.15, -0.1) is 0 Å². The van der Waals surface area contributed by atoms with Crippen molar-refractivity contribution in [3.05, 3.63) is 71.1 Å². The van der Waals surface area contributed by atoms with E-state index in [2.05, 4.69) is 15.3 Å². The molecule has 0 saturated carbocycles. The van der Waals surface area contributed by atoms with Gasteiger partial charge in [-0.05, 0) is 29.8 Å². The standard InChI is InChI=1S/C18H15ClFN3O/c1-24-15-7-2-4-12(8-15)11-21-17-10-16(19)22-18(23-17)13-5-3-6-14(20)9-13/h2-10H,11H2,1H3,(H,21,22,23). The van der Waals surface area contributed by atoms with Crippen molar-refractivity contribution in [2.45, 2.75) is 6.54 Å². The van der Waals surface area contributed by atoms with Crippen molar-refractivity contribution in [1.82, 2.24) is 9.97 Å². The van der Waals surface area contributed by atoms with Crippen LogP contribution < -0.4 is 10.1 Å². The Morgan fingerprint density at radius 2 is 1.92 bits per heavy atom. The van der Waals surface area contributed by atoms with Gasteiger partial charge in [0.25, 0.3) is 0 Å². The molecule has 0 bridgehead atoms. The largest absolute Gasteiger partial charge is 0.497 e. The van der Waals surface area contributed by atoms with Crippen LogP contribution in [0.25, 0.3) is 11.4 Å². The summed E-state index contributed by atoms with van der Waals surface area (Å²) in [7, 11) is 1.63. The number of nitrogens with zero attached hydrogens (tertiary/aromatic N) is 2. The van der Waals surface area contributed by atoms with E-state index in [-0.39, 0.29) is 11.0 Å². The maximum atomic E-state index is 13.4. The molecular weight excluding hydrogens is 329 g/mol. The van der Waals surface area contributed by atoms with Crippen LogP contribution in [0.2, 0.25) is 5.15 Å². The van der Waals surface area contributed by atoms with E-state index >= 15 is 0 Å².